The Labute approximate surface area is 251 Å². The Balaban J connectivity index is 0.00000154. The Morgan fingerprint density at radius 1 is 0.615 bits per heavy atom. The van der Waals surface area contributed by atoms with Crippen LogP contribution in [0.3, 0.4) is 0 Å². The van der Waals surface area contributed by atoms with Gasteiger partial charge in [0.25, 0.3) is 0 Å². The molecule has 1 unspecified atom stereocenters. The third-order valence-electron chi connectivity index (χ3n) is 7.97. The first-order valence-electron chi connectivity index (χ1n) is 13.1. The summed E-state index contributed by atoms with van der Waals surface area (Å²) in [6, 6.07) is 47.7. The first-order chi connectivity index (χ1) is 18.3. The maximum absolute atomic E-state index is 2.68. The van der Waals surface area contributed by atoms with Crippen molar-refractivity contribution in [3.63, 3.8) is 0 Å². The third-order valence-corrected chi connectivity index (χ3v) is 16.6. The second-order valence-electron chi connectivity index (χ2n) is 10.1. The van der Waals surface area contributed by atoms with Gasteiger partial charge < -0.3 is 24.8 Å². The average molecular weight is 623 g/mol. The number of fused-ring (bicyclic) bond motifs is 4. The van der Waals surface area contributed by atoms with Crippen LogP contribution < -0.4 is 28.1 Å². The summed E-state index contributed by atoms with van der Waals surface area (Å²) in [7, 11) is 0. The van der Waals surface area contributed by atoms with Crippen molar-refractivity contribution in [2.24, 2.45) is 0 Å². The molecule has 0 nitrogen and oxygen atoms in total. The van der Waals surface area contributed by atoms with Gasteiger partial charge in [-0.25, -0.2) is 0 Å². The van der Waals surface area contributed by atoms with E-state index in [0.29, 0.717) is 3.63 Å². The molecule has 0 saturated carbocycles. The van der Waals surface area contributed by atoms with Crippen molar-refractivity contribution in [1.82, 2.24) is 0 Å². The van der Waals surface area contributed by atoms with Crippen molar-refractivity contribution in [3.8, 4) is 11.1 Å². The molecule has 5 aromatic carbocycles. The standard InChI is InChI=1S/C13H9.C13H10.C10H9.2ClH.Zr/c1-3-7-12-10(5-1)9-11-6-2-4-8-13(11)12;1-3-7-12(8-4-1)11-13-9-5-2-6-10-13;1-8-6-9-4-2-3-5-10(9)7-8;;;/h1-5,7-8H,9H2;1-10H;2-7H,1H3;2*1H;/q;;;;;+2/p-2. The van der Waals surface area contributed by atoms with Gasteiger partial charge in [0.15, 0.2) is 0 Å². The molecule has 190 valence electrons. The van der Waals surface area contributed by atoms with Gasteiger partial charge in [-0.2, -0.15) is 0 Å². The van der Waals surface area contributed by atoms with Crippen molar-refractivity contribution < 1.29 is 46.1 Å². The zero-order chi connectivity index (χ0) is 24.8. The third kappa shape index (κ3) is 4.87. The number of benzene rings is 5. The summed E-state index contributed by atoms with van der Waals surface area (Å²) in [5.74, 6) is 0. The number of allylic oxidation sites excluding steroid dienone is 1. The molecular formula is C36H28Cl2Zr. The molecule has 39 heavy (non-hydrogen) atoms. The Hall–Kier alpha value is -2.83. The van der Waals surface area contributed by atoms with Crippen LogP contribution in [0.4, 0.5) is 0 Å². The summed E-state index contributed by atoms with van der Waals surface area (Å²) in [5.41, 5.74) is 13.1. The van der Waals surface area contributed by atoms with E-state index in [0.717, 1.165) is 6.42 Å². The predicted octanol–water partition coefficient (Wildman–Crippen LogP) is 1.94. The predicted molar refractivity (Wildman–Crippen MR) is 153 cm³/mol. The molecule has 0 heterocycles. The fourth-order valence-corrected chi connectivity index (χ4v) is 15.6. The van der Waals surface area contributed by atoms with Gasteiger partial charge in [-0.1, -0.05) is 0 Å². The van der Waals surface area contributed by atoms with Gasteiger partial charge >= 0.3 is 228 Å². The Bertz CT molecular complexity index is 1660. The zero-order valence-corrected chi connectivity index (χ0v) is 25.7. The van der Waals surface area contributed by atoms with Gasteiger partial charge in [0.2, 0.25) is 0 Å². The summed E-state index contributed by atoms with van der Waals surface area (Å²) in [4.78, 5) is 0. The molecule has 0 spiro atoms. The number of halogens is 2. The van der Waals surface area contributed by atoms with E-state index in [-0.39, 0.29) is 24.8 Å². The van der Waals surface area contributed by atoms with Crippen LogP contribution in [0.2, 0.25) is 0 Å². The largest absolute Gasteiger partial charge is 1.00 e. The van der Waals surface area contributed by atoms with Crippen molar-refractivity contribution in [3.05, 3.63) is 166 Å². The summed E-state index contributed by atoms with van der Waals surface area (Å²) >= 11 is -2.68. The SMILES string of the molecule is CC1=Cc2ccccc2[CH]1[Zr+2](=[C](c1ccccc1)c1ccccc1)[c]1cccc2c1Cc1ccccc1-2.[Cl-].[Cl-]. The molecule has 7 rings (SSSR count). The molecule has 2 aliphatic rings. The maximum Gasteiger partial charge on any atom is -1.00 e. The molecule has 0 N–H and O–H groups in total. The number of hydrogen-bond donors (Lipinski definition) is 0. The van der Waals surface area contributed by atoms with E-state index < -0.39 is 21.3 Å². The van der Waals surface area contributed by atoms with Crippen LogP contribution in [-0.2, 0) is 27.7 Å². The molecule has 0 fully saturated rings. The number of rotatable bonds is 4. The first-order valence-corrected chi connectivity index (χ1v) is 17.0. The summed E-state index contributed by atoms with van der Waals surface area (Å²) in [5, 5.41) is 0. The molecule has 1 atom stereocenters. The minimum atomic E-state index is -2.68. The second kappa shape index (κ2) is 11.7. The van der Waals surface area contributed by atoms with Crippen LogP contribution in [0.1, 0.15) is 43.9 Å². The Morgan fingerprint density at radius 3 is 1.92 bits per heavy atom. The van der Waals surface area contributed by atoms with Gasteiger partial charge in [-0.05, 0) is 0 Å². The van der Waals surface area contributed by atoms with E-state index in [1.165, 1.54) is 44.5 Å². The molecule has 0 aliphatic heterocycles. The van der Waals surface area contributed by atoms with Gasteiger partial charge in [0.05, 0.1) is 0 Å². The van der Waals surface area contributed by atoms with Crippen molar-refractivity contribution in [1.29, 1.82) is 0 Å². The normalized spacial score (nSPS) is 13.9. The van der Waals surface area contributed by atoms with Crippen LogP contribution in [-0.4, -0.2) is 3.21 Å². The average Bonchev–Trinajstić information content (AvgIpc) is 3.50. The van der Waals surface area contributed by atoms with Gasteiger partial charge in [0.1, 0.15) is 0 Å². The molecule has 5 aromatic rings. The Morgan fingerprint density at radius 2 is 1.21 bits per heavy atom. The van der Waals surface area contributed by atoms with Crippen LogP contribution in [0.5, 0.6) is 0 Å². The van der Waals surface area contributed by atoms with Crippen LogP contribution in [0, 0.1) is 0 Å². The van der Waals surface area contributed by atoms with Gasteiger partial charge in [-0.3, -0.25) is 0 Å². The zero-order valence-electron chi connectivity index (χ0n) is 21.7. The first kappa shape index (κ1) is 27.7. The monoisotopic (exact) mass is 620 g/mol. The Kier molecular flexibility index (Phi) is 8.34. The van der Waals surface area contributed by atoms with Crippen molar-refractivity contribution in [2.75, 3.05) is 0 Å². The number of hydrogen-bond acceptors (Lipinski definition) is 0. The van der Waals surface area contributed by atoms with E-state index in [9.17, 15) is 0 Å². The van der Waals surface area contributed by atoms with Crippen molar-refractivity contribution in [2.45, 2.75) is 17.0 Å². The van der Waals surface area contributed by atoms with E-state index in [4.69, 9.17) is 0 Å². The van der Waals surface area contributed by atoms with Crippen LogP contribution in [0.15, 0.2) is 133 Å². The molecule has 0 bridgehead atoms. The summed E-state index contributed by atoms with van der Waals surface area (Å²) in [6.45, 7) is 2.37. The molecule has 0 saturated heterocycles. The molecule has 0 radical (unpaired) electrons. The van der Waals surface area contributed by atoms with Crippen molar-refractivity contribution >= 4 is 12.6 Å². The van der Waals surface area contributed by atoms with Crippen LogP contribution >= 0.6 is 0 Å². The van der Waals surface area contributed by atoms with E-state index in [1.54, 1.807) is 12.0 Å². The minimum Gasteiger partial charge on any atom is -1.00 e. The van der Waals surface area contributed by atoms with E-state index >= 15 is 0 Å². The topological polar surface area (TPSA) is 0 Å². The molecule has 0 amide bonds. The fraction of sp³-hybridized carbons (Fsp3) is 0.0833. The molecule has 3 heteroatoms. The van der Waals surface area contributed by atoms with E-state index in [1.807, 2.05) is 0 Å². The minimum absolute atomic E-state index is 0. The second-order valence-corrected chi connectivity index (χ2v) is 16.1. The molecule has 2 aliphatic carbocycles. The summed E-state index contributed by atoms with van der Waals surface area (Å²) < 4.78 is 3.72. The molecular weight excluding hydrogens is 595 g/mol. The summed E-state index contributed by atoms with van der Waals surface area (Å²) in [6.07, 6.45) is 3.49. The molecule has 0 aromatic heterocycles. The fourth-order valence-electron chi connectivity index (χ4n) is 6.39. The van der Waals surface area contributed by atoms with Crippen LogP contribution in [0.25, 0.3) is 17.2 Å². The van der Waals surface area contributed by atoms with Gasteiger partial charge in [0, 0.05) is 0 Å². The smallest absolute Gasteiger partial charge is 1.00 e. The van der Waals surface area contributed by atoms with E-state index in [2.05, 4.69) is 140 Å². The van der Waals surface area contributed by atoms with Gasteiger partial charge in [-0.15, -0.1) is 0 Å². The maximum atomic E-state index is 2.49. The quantitative estimate of drug-likeness (QED) is 0.282.